The third-order valence-electron chi connectivity index (χ3n) is 2.48. The first kappa shape index (κ1) is 11.8. The number of amidine groups is 1. The first-order valence-corrected chi connectivity index (χ1v) is 5.53. The van der Waals surface area contributed by atoms with Gasteiger partial charge >= 0.3 is 0 Å². The fourth-order valence-corrected chi connectivity index (χ4v) is 1.54. The second-order valence-electron chi connectivity index (χ2n) is 3.65. The molecule has 1 aliphatic heterocycles. The van der Waals surface area contributed by atoms with Crippen LogP contribution in [0.5, 0.6) is 0 Å². The summed E-state index contributed by atoms with van der Waals surface area (Å²) in [5.41, 5.74) is 3.73. The van der Waals surface area contributed by atoms with Gasteiger partial charge in [0.1, 0.15) is 5.84 Å². The van der Waals surface area contributed by atoms with Crippen molar-refractivity contribution in [3.8, 4) is 0 Å². The van der Waals surface area contributed by atoms with E-state index in [9.17, 15) is 0 Å². The van der Waals surface area contributed by atoms with Crippen LogP contribution in [0.15, 0.2) is 23.2 Å². The summed E-state index contributed by atoms with van der Waals surface area (Å²) in [7, 11) is 2.07. The summed E-state index contributed by atoms with van der Waals surface area (Å²) >= 11 is 0. The van der Waals surface area contributed by atoms with Crippen LogP contribution in [0.25, 0.3) is 0 Å². The molecule has 0 radical (unpaired) electrons. The Morgan fingerprint density at radius 1 is 1.20 bits per heavy atom. The van der Waals surface area contributed by atoms with Gasteiger partial charge in [0.25, 0.3) is 0 Å². The van der Waals surface area contributed by atoms with Crippen LogP contribution in [0, 0.1) is 6.92 Å². The molecule has 1 aromatic carbocycles. The molecule has 0 fully saturated rings. The summed E-state index contributed by atoms with van der Waals surface area (Å²) in [6, 6.07) is 6.45. The lowest BCUT2D eigenvalue weighted by Gasteiger charge is -2.24. The van der Waals surface area contributed by atoms with Gasteiger partial charge in [-0.1, -0.05) is 26.0 Å². The van der Waals surface area contributed by atoms with Gasteiger partial charge in [0.2, 0.25) is 0 Å². The minimum absolute atomic E-state index is 0.977. The third-order valence-corrected chi connectivity index (χ3v) is 2.48. The summed E-state index contributed by atoms with van der Waals surface area (Å²) in [6.07, 6.45) is 0. The van der Waals surface area contributed by atoms with Crippen molar-refractivity contribution in [1.82, 2.24) is 4.90 Å². The van der Waals surface area contributed by atoms with Crippen LogP contribution in [0.1, 0.15) is 31.9 Å². The Morgan fingerprint density at radius 3 is 2.53 bits per heavy atom. The van der Waals surface area contributed by atoms with E-state index >= 15 is 0 Å². The van der Waals surface area contributed by atoms with Crippen molar-refractivity contribution in [3.63, 3.8) is 0 Å². The summed E-state index contributed by atoms with van der Waals surface area (Å²) in [5, 5.41) is 0. The minimum Gasteiger partial charge on any atom is -0.359 e. The predicted molar refractivity (Wildman–Crippen MR) is 66.8 cm³/mol. The van der Waals surface area contributed by atoms with Crippen molar-refractivity contribution in [1.29, 1.82) is 0 Å². The van der Waals surface area contributed by atoms with E-state index in [-0.39, 0.29) is 0 Å². The van der Waals surface area contributed by atoms with Crippen molar-refractivity contribution in [2.24, 2.45) is 4.99 Å². The van der Waals surface area contributed by atoms with Crippen LogP contribution in [0.2, 0.25) is 0 Å². The Hall–Kier alpha value is -1.31. The van der Waals surface area contributed by atoms with Crippen LogP contribution in [0.4, 0.5) is 5.69 Å². The first-order chi connectivity index (χ1) is 7.16. The summed E-state index contributed by atoms with van der Waals surface area (Å²) in [5.74, 6) is 1.10. The molecule has 0 N–H and O–H groups in total. The smallest absolute Gasteiger partial charge is 0.102 e. The first-order valence-electron chi connectivity index (χ1n) is 5.53. The van der Waals surface area contributed by atoms with Gasteiger partial charge < -0.3 is 4.90 Å². The van der Waals surface area contributed by atoms with Crippen molar-refractivity contribution in [2.75, 3.05) is 7.05 Å². The number of rotatable bonds is 0. The fraction of sp³-hybridized carbons (Fsp3) is 0.462. The van der Waals surface area contributed by atoms with Gasteiger partial charge in [-0.15, -0.1) is 0 Å². The second kappa shape index (κ2) is 4.96. The molecule has 0 atom stereocenters. The SMILES string of the molecule is CC.CC1=Nc2cc(C)ccc2CN1C. The predicted octanol–water partition coefficient (Wildman–Crippen LogP) is 3.52. The molecule has 2 nitrogen and oxygen atoms in total. The maximum absolute atomic E-state index is 4.53. The number of fused-ring (bicyclic) bond motifs is 1. The van der Waals surface area contributed by atoms with Gasteiger partial charge in [-0.25, -0.2) is 4.99 Å². The lowest BCUT2D eigenvalue weighted by Crippen LogP contribution is -2.26. The molecular weight excluding hydrogens is 184 g/mol. The molecule has 1 aromatic rings. The highest BCUT2D eigenvalue weighted by atomic mass is 15.2. The minimum atomic E-state index is 0.977. The zero-order chi connectivity index (χ0) is 11.4. The number of hydrogen-bond acceptors (Lipinski definition) is 2. The molecule has 82 valence electrons. The highest BCUT2D eigenvalue weighted by Gasteiger charge is 2.12. The van der Waals surface area contributed by atoms with Crippen LogP contribution in [-0.2, 0) is 6.54 Å². The van der Waals surface area contributed by atoms with E-state index in [2.05, 4.69) is 42.1 Å². The van der Waals surface area contributed by atoms with Gasteiger partial charge in [-0.05, 0) is 31.0 Å². The monoisotopic (exact) mass is 204 g/mol. The molecule has 1 heterocycles. The highest BCUT2D eigenvalue weighted by molar-refractivity contribution is 5.84. The number of nitrogens with zero attached hydrogens (tertiary/aromatic N) is 2. The zero-order valence-corrected chi connectivity index (χ0v) is 10.3. The molecule has 2 rings (SSSR count). The highest BCUT2D eigenvalue weighted by Crippen LogP contribution is 2.26. The van der Waals surface area contributed by atoms with Gasteiger partial charge in [0.05, 0.1) is 5.69 Å². The molecule has 2 heteroatoms. The van der Waals surface area contributed by atoms with Crippen LogP contribution in [-0.4, -0.2) is 17.8 Å². The maximum Gasteiger partial charge on any atom is 0.102 e. The molecule has 0 saturated heterocycles. The summed E-state index contributed by atoms with van der Waals surface area (Å²) < 4.78 is 0. The number of aliphatic imine (C=N–C) groups is 1. The van der Waals surface area contributed by atoms with E-state index in [1.165, 1.54) is 11.1 Å². The molecule has 15 heavy (non-hydrogen) atoms. The van der Waals surface area contributed by atoms with E-state index in [0.29, 0.717) is 0 Å². The normalized spacial score (nSPS) is 13.7. The quantitative estimate of drug-likeness (QED) is 0.631. The van der Waals surface area contributed by atoms with Crippen LogP contribution in [0.3, 0.4) is 0 Å². The number of hydrogen-bond donors (Lipinski definition) is 0. The molecule has 1 aliphatic rings. The molecule has 0 aliphatic carbocycles. The van der Waals surface area contributed by atoms with Crippen LogP contribution >= 0.6 is 0 Å². The topological polar surface area (TPSA) is 15.6 Å². The second-order valence-corrected chi connectivity index (χ2v) is 3.65. The average Bonchev–Trinajstić information content (AvgIpc) is 2.23. The molecular formula is C13H20N2. The fourth-order valence-electron chi connectivity index (χ4n) is 1.54. The van der Waals surface area contributed by atoms with E-state index in [4.69, 9.17) is 0 Å². The molecule has 0 aromatic heterocycles. The Kier molecular flexibility index (Phi) is 3.89. The van der Waals surface area contributed by atoms with Crippen molar-refractivity contribution >= 4 is 11.5 Å². The zero-order valence-electron chi connectivity index (χ0n) is 10.3. The van der Waals surface area contributed by atoms with E-state index in [0.717, 1.165) is 18.1 Å². The van der Waals surface area contributed by atoms with Crippen molar-refractivity contribution < 1.29 is 0 Å². The molecule has 0 saturated carbocycles. The molecule has 0 unspecified atom stereocenters. The molecule has 0 bridgehead atoms. The number of benzene rings is 1. The average molecular weight is 204 g/mol. The van der Waals surface area contributed by atoms with Gasteiger partial charge in [-0.3, -0.25) is 0 Å². The Morgan fingerprint density at radius 2 is 1.87 bits per heavy atom. The standard InChI is InChI=1S/C11H14N2.C2H6/c1-8-4-5-10-7-13(3)9(2)12-11(10)6-8;1-2/h4-6H,7H2,1-3H3;1-2H3. The van der Waals surface area contributed by atoms with E-state index < -0.39 is 0 Å². The van der Waals surface area contributed by atoms with E-state index in [1.807, 2.05) is 20.8 Å². The van der Waals surface area contributed by atoms with Crippen molar-refractivity contribution in [2.45, 2.75) is 34.2 Å². The summed E-state index contributed by atoms with van der Waals surface area (Å²) in [4.78, 5) is 6.69. The Balaban J connectivity index is 0.000000531. The van der Waals surface area contributed by atoms with Crippen LogP contribution < -0.4 is 0 Å². The van der Waals surface area contributed by atoms with E-state index in [1.54, 1.807) is 0 Å². The third kappa shape index (κ3) is 2.58. The largest absolute Gasteiger partial charge is 0.359 e. The molecule has 0 spiro atoms. The summed E-state index contributed by atoms with van der Waals surface area (Å²) in [6.45, 7) is 9.12. The Labute approximate surface area is 92.6 Å². The Bertz CT molecular complexity index is 367. The molecule has 0 amide bonds. The van der Waals surface area contributed by atoms with Gasteiger partial charge in [0, 0.05) is 13.6 Å². The van der Waals surface area contributed by atoms with Gasteiger partial charge in [-0.2, -0.15) is 0 Å². The van der Waals surface area contributed by atoms with Gasteiger partial charge in [0.15, 0.2) is 0 Å². The number of aryl methyl sites for hydroxylation is 1. The van der Waals surface area contributed by atoms with Crippen molar-refractivity contribution in [3.05, 3.63) is 29.3 Å². The lowest BCUT2D eigenvalue weighted by atomic mass is 10.1. The lowest BCUT2D eigenvalue weighted by molar-refractivity contribution is 0.490. The maximum atomic E-state index is 4.53.